The van der Waals surface area contributed by atoms with Gasteiger partial charge < -0.3 is 34.5 Å². The fourth-order valence-corrected chi connectivity index (χ4v) is 5.50. The number of ether oxygens (including phenoxy) is 2. The number of nitrogens with one attached hydrogen (secondary N) is 2. The van der Waals surface area contributed by atoms with Crippen LogP contribution < -0.4 is 15.4 Å². The van der Waals surface area contributed by atoms with E-state index in [9.17, 15) is 14.4 Å². The van der Waals surface area contributed by atoms with Crippen molar-refractivity contribution in [3.63, 3.8) is 0 Å². The zero-order valence-corrected chi connectivity index (χ0v) is 24.7. The van der Waals surface area contributed by atoms with Gasteiger partial charge in [-0.3, -0.25) is 9.59 Å². The molecule has 4 heterocycles. The van der Waals surface area contributed by atoms with Crippen LogP contribution in [0, 0.1) is 0 Å². The molecule has 1 aromatic carbocycles. The summed E-state index contributed by atoms with van der Waals surface area (Å²) in [5, 5.41) is 6.86. The maximum atomic E-state index is 13.2. The van der Waals surface area contributed by atoms with E-state index in [4.69, 9.17) is 21.1 Å². The van der Waals surface area contributed by atoms with Crippen LogP contribution in [-0.4, -0.2) is 88.7 Å². The normalized spacial score (nSPS) is 16.8. The number of halogens is 1. The minimum atomic E-state index is -0.581. The van der Waals surface area contributed by atoms with Crippen molar-refractivity contribution in [3.05, 3.63) is 53.2 Å². The highest BCUT2D eigenvalue weighted by molar-refractivity contribution is 6.30. The number of anilines is 1. The number of carbonyl (C=O) groups is 3. The second-order valence-corrected chi connectivity index (χ2v) is 11.4. The van der Waals surface area contributed by atoms with Gasteiger partial charge in [-0.15, -0.1) is 0 Å². The molecule has 0 spiro atoms. The van der Waals surface area contributed by atoms with Crippen molar-refractivity contribution in [2.24, 2.45) is 0 Å². The first kappa shape index (κ1) is 29.8. The van der Waals surface area contributed by atoms with Gasteiger partial charge in [-0.05, 0) is 63.4 Å². The largest absolute Gasteiger partial charge is 0.414 e. The maximum Gasteiger partial charge on any atom is 0.414 e. The zero-order chi connectivity index (χ0) is 29.6. The van der Waals surface area contributed by atoms with Gasteiger partial charge in [-0.1, -0.05) is 11.6 Å². The van der Waals surface area contributed by atoms with Gasteiger partial charge in [0, 0.05) is 68.1 Å². The predicted octanol–water partition coefficient (Wildman–Crippen LogP) is 4.15. The van der Waals surface area contributed by atoms with Crippen LogP contribution in [0.25, 0.3) is 10.9 Å². The minimum absolute atomic E-state index is 0.00596. The molecule has 5 rings (SSSR count). The minimum Gasteiger partial charge on any atom is -0.393 e. The molecule has 11 nitrogen and oxygen atoms in total. The number of nitrogens with zero attached hydrogens (tertiary/aromatic N) is 4. The summed E-state index contributed by atoms with van der Waals surface area (Å²) < 4.78 is 12.9. The number of rotatable bonds is 7. The molecule has 3 amide bonds. The van der Waals surface area contributed by atoms with Crippen LogP contribution in [0.5, 0.6) is 5.88 Å². The molecular formula is C30H37ClN6O5. The molecule has 224 valence electrons. The molecule has 2 fully saturated rings. The first-order valence-electron chi connectivity index (χ1n) is 14.4. The fourth-order valence-electron chi connectivity index (χ4n) is 5.39. The van der Waals surface area contributed by atoms with E-state index in [1.165, 1.54) is 6.20 Å². The number of benzene rings is 1. The summed E-state index contributed by atoms with van der Waals surface area (Å²) in [5.41, 5.74) is 1.17. The van der Waals surface area contributed by atoms with Gasteiger partial charge in [0.05, 0.1) is 17.1 Å². The topological polar surface area (TPSA) is 118 Å². The molecule has 0 atom stereocenters. The standard InChI is InChI=1S/C30H37ClN6O5/c1-20(2)35-11-8-24(9-12-35)33-30(40)42-28-17-22-16-21(29(39)36-10-3-14-41-15-13-36)4-6-25(22)37(28)19-27(38)34-26-7-5-23(31)18-32-26/h4-7,16-18,20,24H,3,8-15,19H2,1-2H3,(H,33,40)(H,32,34,38). The average Bonchev–Trinajstić information content (AvgIpc) is 3.12. The Morgan fingerprint density at radius 3 is 2.62 bits per heavy atom. The number of piperidine rings is 1. The lowest BCUT2D eigenvalue weighted by Crippen LogP contribution is -2.47. The van der Waals surface area contributed by atoms with Gasteiger partial charge >= 0.3 is 6.09 Å². The molecule has 0 unspecified atom stereocenters. The summed E-state index contributed by atoms with van der Waals surface area (Å²) in [6.07, 6.45) is 3.31. The van der Waals surface area contributed by atoms with E-state index in [2.05, 4.69) is 34.4 Å². The quantitative estimate of drug-likeness (QED) is 0.421. The molecule has 0 radical (unpaired) electrons. The van der Waals surface area contributed by atoms with Gasteiger partial charge in [0.2, 0.25) is 11.8 Å². The first-order chi connectivity index (χ1) is 20.3. The summed E-state index contributed by atoms with van der Waals surface area (Å²) in [5.74, 6) is 0.102. The smallest absolute Gasteiger partial charge is 0.393 e. The van der Waals surface area contributed by atoms with Gasteiger partial charge in [0.1, 0.15) is 12.4 Å². The van der Waals surface area contributed by atoms with Crippen LogP contribution in [0.4, 0.5) is 10.6 Å². The van der Waals surface area contributed by atoms with E-state index >= 15 is 0 Å². The van der Waals surface area contributed by atoms with E-state index < -0.39 is 6.09 Å². The number of aromatic nitrogens is 2. The van der Waals surface area contributed by atoms with Gasteiger partial charge in [0.25, 0.3) is 5.91 Å². The summed E-state index contributed by atoms with van der Waals surface area (Å²) in [4.78, 5) is 47.5. The second-order valence-electron chi connectivity index (χ2n) is 10.9. The highest BCUT2D eigenvalue weighted by Crippen LogP contribution is 2.28. The summed E-state index contributed by atoms with van der Waals surface area (Å²) >= 11 is 5.91. The fraction of sp³-hybridized carbons (Fsp3) is 0.467. The van der Waals surface area contributed by atoms with Crippen molar-refractivity contribution in [1.29, 1.82) is 0 Å². The molecule has 2 aliphatic heterocycles. The number of hydrogen-bond donors (Lipinski definition) is 2. The van der Waals surface area contributed by atoms with E-state index in [1.54, 1.807) is 45.9 Å². The monoisotopic (exact) mass is 596 g/mol. The Bertz CT molecular complexity index is 1410. The lowest BCUT2D eigenvalue weighted by molar-refractivity contribution is -0.116. The van der Waals surface area contributed by atoms with Crippen molar-refractivity contribution in [1.82, 2.24) is 24.7 Å². The van der Waals surface area contributed by atoms with Gasteiger partial charge in [0.15, 0.2) is 0 Å². The van der Waals surface area contributed by atoms with E-state index in [0.717, 1.165) is 32.4 Å². The van der Waals surface area contributed by atoms with Crippen molar-refractivity contribution in [3.8, 4) is 5.88 Å². The Hall–Kier alpha value is -3.67. The van der Waals surface area contributed by atoms with Crippen LogP contribution >= 0.6 is 11.6 Å². The second kappa shape index (κ2) is 13.5. The van der Waals surface area contributed by atoms with Gasteiger partial charge in [-0.2, -0.15) is 0 Å². The molecule has 42 heavy (non-hydrogen) atoms. The SMILES string of the molecule is CC(C)N1CCC(NC(=O)Oc2cc3cc(C(=O)N4CCCOCC4)ccc3n2CC(=O)Nc2ccc(Cl)cn2)CC1. The van der Waals surface area contributed by atoms with Crippen molar-refractivity contribution in [2.75, 3.05) is 44.7 Å². The van der Waals surface area contributed by atoms with Crippen molar-refractivity contribution >= 4 is 46.2 Å². The van der Waals surface area contributed by atoms with Crippen LogP contribution in [0.3, 0.4) is 0 Å². The molecule has 2 aliphatic rings. The van der Waals surface area contributed by atoms with Gasteiger partial charge in [-0.25, -0.2) is 9.78 Å². The Morgan fingerprint density at radius 2 is 1.88 bits per heavy atom. The summed E-state index contributed by atoms with van der Waals surface area (Å²) in [6.45, 7) is 8.30. The average molecular weight is 597 g/mol. The van der Waals surface area contributed by atoms with Crippen LogP contribution in [0.15, 0.2) is 42.6 Å². The molecule has 0 saturated carbocycles. The maximum absolute atomic E-state index is 13.2. The summed E-state index contributed by atoms with van der Waals surface area (Å²) in [7, 11) is 0. The van der Waals surface area contributed by atoms with E-state index in [1.807, 2.05) is 0 Å². The molecular weight excluding hydrogens is 560 g/mol. The third kappa shape index (κ3) is 7.39. The number of hydrogen-bond acceptors (Lipinski definition) is 7. The Kier molecular flexibility index (Phi) is 9.61. The Labute approximate surface area is 250 Å². The van der Waals surface area contributed by atoms with Crippen LogP contribution in [0.2, 0.25) is 5.02 Å². The third-order valence-electron chi connectivity index (χ3n) is 7.70. The number of likely N-dealkylation sites (tertiary alicyclic amines) is 1. The van der Waals surface area contributed by atoms with E-state index in [0.29, 0.717) is 59.7 Å². The zero-order valence-electron chi connectivity index (χ0n) is 24.0. The molecule has 2 N–H and O–H groups in total. The predicted molar refractivity (Wildman–Crippen MR) is 160 cm³/mol. The highest BCUT2D eigenvalue weighted by atomic mass is 35.5. The molecule has 0 bridgehead atoms. The highest BCUT2D eigenvalue weighted by Gasteiger charge is 2.25. The van der Waals surface area contributed by atoms with Crippen LogP contribution in [-0.2, 0) is 16.1 Å². The first-order valence-corrected chi connectivity index (χ1v) is 14.8. The number of carbonyl (C=O) groups excluding carboxylic acids is 3. The Morgan fingerprint density at radius 1 is 1.07 bits per heavy atom. The summed E-state index contributed by atoms with van der Waals surface area (Å²) in [6, 6.07) is 10.7. The van der Waals surface area contributed by atoms with Crippen molar-refractivity contribution < 1.29 is 23.9 Å². The molecule has 2 aromatic heterocycles. The molecule has 0 aliphatic carbocycles. The lowest BCUT2D eigenvalue weighted by Gasteiger charge is -2.34. The number of pyridine rings is 1. The number of amides is 3. The van der Waals surface area contributed by atoms with E-state index in [-0.39, 0.29) is 30.3 Å². The molecule has 2 saturated heterocycles. The molecule has 3 aromatic rings. The molecule has 12 heteroatoms. The van der Waals surface area contributed by atoms with Crippen LogP contribution in [0.1, 0.15) is 43.5 Å². The number of fused-ring (bicyclic) bond motifs is 1. The lowest BCUT2D eigenvalue weighted by atomic mass is 10.0. The third-order valence-corrected chi connectivity index (χ3v) is 7.92. The Balaban J connectivity index is 1.36. The van der Waals surface area contributed by atoms with Crippen molar-refractivity contribution in [2.45, 2.75) is 51.7 Å².